The molecule has 0 aromatic rings. The van der Waals surface area contributed by atoms with E-state index in [4.69, 9.17) is 9.16 Å². The van der Waals surface area contributed by atoms with Gasteiger partial charge in [0, 0.05) is 0 Å². The molecule has 1 amide bonds. The molecule has 0 saturated carbocycles. The molecular formula is C18H31NO4Si. The monoisotopic (exact) mass is 353 g/mol. The van der Waals surface area contributed by atoms with Crippen LogP contribution in [0, 0.1) is 23.7 Å². The maximum Gasteiger partial charge on any atom is 0.323 e. The minimum absolute atomic E-state index is 0.0563. The first-order valence-corrected chi connectivity index (χ1v) is 11.4. The van der Waals surface area contributed by atoms with Gasteiger partial charge in [0.1, 0.15) is 5.92 Å². The molecule has 1 N–H and O–H groups in total. The van der Waals surface area contributed by atoms with Gasteiger partial charge in [0.05, 0.1) is 24.7 Å². The van der Waals surface area contributed by atoms with Gasteiger partial charge in [-0.15, -0.1) is 5.92 Å². The van der Waals surface area contributed by atoms with Crippen LogP contribution in [0.4, 0.5) is 0 Å². The van der Waals surface area contributed by atoms with Crippen molar-refractivity contribution in [3.8, 4) is 11.8 Å². The second-order valence-electron chi connectivity index (χ2n) is 7.77. The lowest BCUT2D eigenvalue weighted by molar-refractivity contribution is -0.153. The molecule has 6 heteroatoms. The number of ether oxygens (including phenoxy) is 1. The molecule has 1 aliphatic heterocycles. The number of amides is 1. The average Bonchev–Trinajstić information content (AvgIpc) is 2.40. The maximum atomic E-state index is 12.2. The third kappa shape index (κ3) is 4.40. The minimum atomic E-state index is -2.00. The molecule has 0 bridgehead atoms. The highest BCUT2D eigenvalue weighted by molar-refractivity contribution is 6.74. The van der Waals surface area contributed by atoms with E-state index in [1.807, 2.05) is 6.92 Å². The molecule has 1 heterocycles. The van der Waals surface area contributed by atoms with Crippen molar-refractivity contribution in [3.63, 3.8) is 0 Å². The summed E-state index contributed by atoms with van der Waals surface area (Å²) in [4.78, 5) is 24.3. The van der Waals surface area contributed by atoms with E-state index in [9.17, 15) is 9.59 Å². The largest absolute Gasteiger partial charge is 0.465 e. The lowest BCUT2D eigenvalue weighted by atomic mass is 9.78. The second-order valence-corrected chi connectivity index (χ2v) is 12.5. The number of carbonyl (C=O) groups excluding carboxylic acids is 2. The van der Waals surface area contributed by atoms with Crippen molar-refractivity contribution in [2.45, 2.75) is 71.8 Å². The Labute approximate surface area is 147 Å². The SMILES string of the molecule is CC#CC(C(=O)OCC)[C@H]1NC(=O)[C@H]1[C@@H](C)O[Si](C)(C)C(C)(C)C. The minimum Gasteiger partial charge on any atom is -0.465 e. The van der Waals surface area contributed by atoms with E-state index < -0.39 is 14.2 Å². The Morgan fingerprint density at radius 2 is 1.96 bits per heavy atom. The molecule has 0 spiro atoms. The molecule has 0 aromatic heterocycles. The highest BCUT2D eigenvalue weighted by atomic mass is 28.4. The molecule has 0 aromatic carbocycles. The van der Waals surface area contributed by atoms with Crippen LogP contribution in [0.1, 0.15) is 41.5 Å². The van der Waals surface area contributed by atoms with E-state index in [-0.39, 0.29) is 35.0 Å². The molecule has 0 aliphatic carbocycles. The van der Waals surface area contributed by atoms with Crippen molar-refractivity contribution in [3.05, 3.63) is 0 Å². The summed E-state index contributed by atoms with van der Waals surface area (Å²) in [7, 11) is -2.00. The predicted octanol–water partition coefficient (Wildman–Crippen LogP) is 2.71. The van der Waals surface area contributed by atoms with Gasteiger partial charge in [-0.1, -0.05) is 26.7 Å². The van der Waals surface area contributed by atoms with Gasteiger partial charge in [-0.3, -0.25) is 9.59 Å². The van der Waals surface area contributed by atoms with Gasteiger partial charge < -0.3 is 14.5 Å². The molecule has 4 atom stereocenters. The molecule has 1 unspecified atom stereocenters. The van der Waals surface area contributed by atoms with Crippen LogP contribution >= 0.6 is 0 Å². The molecular weight excluding hydrogens is 322 g/mol. The lowest BCUT2D eigenvalue weighted by Gasteiger charge is -2.46. The first-order valence-electron chi connectivity index (χ1n) is 8.53. The van der Waals surface area contributed by atoms with Gasteiger partial charge in [-0.25, -0.2) is 0 Å². The Balaban J connectivity index is 2.94. The van der Waals surface area contributed by atoms with Crippen LogP contribution in [0.5, 0.6) is 0 Å². The summed E-state index contributed by atoms with van der Waals surface area (Å²) in [5.41, 5.74) is 0. The van der Waals surface area contributed by atoms with Crippen LogP contribution in [-0.2, 0) is 18.8 Å². The topological polar surface area (TPSA) is 64.6 Å². The fraction of sp³-hybridized carbons (Fsp3) is 0.778. The van der Waals surface area contributed by atoms with Gasteiger partial charge >= 0.3 is 5.97 Å². The Kier molecular flexibility index (Phi) is 6.65. The molecule has 1 aliphatic rings. The molecule has 1 saturated heterocycles. The zero-order chi connectivity index (χ0) is 18.7. The number of rotatable bonds is 6. The smallest absolute Gasteiger partial charge is 0.323 e. The summed E-state index contributed by atoms with van der Waals surface area (Å²) in [5.74, 6) is 4.15. The molecule has 0 radical (unpaired) electrons. The first kappa shape index (κ1) is 20.7. The quantitative estimate of drug-likeness (QED) is 0.345. The van der Waals surface area contributed by atoms with E-state index in [0.717, 1.165) is 0 Å². The highest BCUT2D eigenvalue weighted by Crippen LogP contribution is 2.39. The molecule has 24 heavy (non-hydrogen) atoms. The Hall–Kier alpha value is -1.32. The Morgan fingerprint density at radius 1 is 1.38 bits per heavy atom. The molecule has 136 valence electrons. The third-order valence-corrected chi connectivity index (χ3v) is 9.56. The number of esters is 1. The first-order chi connectivity index (χ1) is 11.0. The number of hydrogen-bond acceptors (Lipinski definition) is 4. The molecule has 1 rings (SSSR count). The van der Waals surface area contributed by atoms with E-state index >= 15 is 0 Å². The Bertz CT molecular complexity index is 541. The second kappa shape index (κ2) is 7.71. The van der Waals surface area contributed by atoms with Crippen molar-refractivity contribution in [1.29, 1.82) is 0 Å². The van der Waals surface area contributed by atoms with Crippen molar-refractivity contribution in [2.24, 2.45) is 11.8 Å². The summed E-state index contributed by atoms with van der Waals surface area (Å²) in [5, 5.41) is 2.87. The summed E-state index contributed by atoms with van der Waals surface area (Å²) in [6.07, 6.45) is -0.264. The van der Waals surface area contributed by atoms with Crippen molar-refractivity contribution >= 4 is 20.2 Å². The number of hydrogen-bond donors (Lipinski definition) is 1. The fourth-order valence-electron chi connectivity index (χ4n) is 2.61. The van der Waals surface area contributed by atoms with Gasteiger partial charge in [0.25, 0.3) is 0 Å². The number of β-lactam (4-membered cyclic amide) rings is 1. The predicted molar refractivity (Wildman–Crippen MR) is 96.7 cm³/mol. The lowest BCUT2D eigenvalue weighted by Crippen LogP contribution is -2.67. The zero-order valence-corrected chi connectivity index (χ0v) is 17.1. The van der Waals surface area contributed by atoms with E-state index in [0.29, 0.717) is 6.61 Å². The van der Waals surface area contributed by atoms with E-state index in [2.05, 4.69) is 51.0 Å². The van der Waals surface area contributed by atoms with Crippen LogP contribution < -0.4 is 5.32 Å². The van der Waals surface area contributed by atoms with Crippen LogP contribution in [0.3, 0.4) is 0 Å². The summed E-state index contributed by atoms with van der Waals surface area (Å²) in [6, 6.07) is -0.358. The molecule has 5 nitrogen and oxygen atoms in total. The summed E-state index contributed by atoms with van der Waals surface area (Å²) in [6.45, 7) is 16.4. The van der Waals surface area contributed by atoms with Crippen molar-refractivity contribution < 1.29 is 18.8 Å². The summed E-state index contributed by atoms with van der Waals surface area (Å²) < 4.78 is 11.5. The van der Waals surface area contributed by atoms with E-state index in [1.165, 1.54) is 0 Å². The van der Waals surface area contributed by atoms with Gasteiger partial charge in [0.2, 0.25) is 5.91 Å². The van der Waals surface area contributed by atoms with Gasteiger partial charge in [-0.2, -0.15) is 0 Å². The van der Waals surface area contributed by atoms with E-state index in [1.54, 1.807) is 13.8 Å². The molecule has 1 fully saturated rings. The van der Waals surface area contributed by atoms with Crippen molar-refractivity contribution in [2.75, 3.05) is 6.61 Å². The Morgan fingerprint density at radius 3 is 2.38 bits per heavy atom. The van der Waals surface area contributed by atoms with Crippen molar-refractivity contribution in [1.82, 2.24) is 5.32 Å². The highest BCUT2D eigenvalue weighted by Gasteiger charge is 2.51. The normalized spacial score (nSPS) is 23.2. The fourth-order valence-corrected chi connectivity index (χ4v) is 4.04. The third-order valence-electron chi connectivity index (χ3n) is 4.99. The number of carbonyl (C=O) groups is 2. The maximum absolute atomic E-state index is 12.2. The number of nitrogens with one attached hydrogen (secondary N) is 1. The standard InChI is InChI=1S/C18H31NO4Si/c1-9-11-13(17(21)22-10-2)15-14(16(20)19-15)12(3)23-24(7,8)18(4,5)6/h12-15H,10H2,1-8H3,(H,19,20)/t12-,13?,14+,15-/m1/s1. The van der Waals surface area contributed by atoms with Crippen LogP contribution in [-0.4, -0.2) is 38.9 Å². The average molecular weight is 354 g/mol. The van der Waals surface area contributed by atoms with Crippen LogP contribution in [0.25, 0.3) is 0 Å². The van der Waals surface area contributed by atoms with Gasteiger partial charge in [-0.05, 0) is 38.9 Å². The van der Waals surface area contributed by atoms with Gasteiger partial charge in [0.15, 0.2) is 8.32 Å². The summed E-state index contributed by atoms with van der Waals surface area (Å²) >= 11 is 0. The zero-order valence-electron chi connectivity index (χ0n) is 16.1. The van der Waals surface area contributed by atoms with Crippen LogP contribution in [0.2, 0.25) is 18.1 Å². The van der Waals surface area contributed by atoms with Crippen LogP contribution in [0.15, 0.2) is 0 Å².